The van der Waals surface area contributed by atoms with Gasteiger partial charge in [-0.3, -0.25) is 4.79 Å². The summed E-state index contributed by atoms with van der Waals surface area (Å²) in [4.78, 5) is 18.7. The first-order chi connectivity index (χ1) is 11.2. The number of amides is 1. The molecule has 2 aliphatic heterocycles. The second-order valence-electron chi connectivity index (χ2n) is 6.33. The Labute approximate surface area is 134 Å². The van der Waals surface area contributed by atoms with Crippen molar-refractivity contribution in [3.05, 3.63) is 24.5 Å². The zero-order chi connectivity index (χ0) is 15.8. The van der Waals surface area contributed by atoms with Crippen LogP contribution in [-0.4, -0.2) is 57.2 Å². The molecule has 4 rings (SSSR count). The molecule has 23 heavy (non-hydrogen) atoms. The number of fused-ring (bicyclic) bond motifs is 1. The maximum atomic E-state index is 12.6. The molecule has 1 amide bonds. The average Bonchev–Trinajstić information content (AvgIpc) is 3.26. The normalized spacial score (nSPS) is 27.7. The van der Waals surface area contributed by atoms with Gasteiger partial charge in [0.25, 0.3) is 0 Å². The van der Waals surface area contributed by atoms with E-state index >= 15 is 0 Å². The fourth-order valence-electron chi connectivity index (χ4n) is 3.47. The second kappa shape index (κ2) is 5.81. The molecule has 0 spiro atoms. The maximum absolute atomic E-state index is 12.6. The van der Waals surface area contributed by atoms with Gasteiger partial charge in [-0.05, 0) is 31.9 Å². The molecule has 0 aromatic carbocycles. The lowest BCUT2D eigenvalue weighted by molar-refractivity contribution is -0.135. The summed E-state index contributed by atoms with van der Waals surface area (Å²) in [5, 5.41) is 7.90. The average molecular weight is 315 g/mol. The highest BCUT2D eigenvalue weighted by atomic mass is 16.5. The fourth-order valence-corrected chi connectivity index (χ4v) is 3.47. The lowest BCUT2D eigenvalue weighted by Gasteiger charge is -2.22. The third-order valence-corrected chi connectivity index (χ3v) is 4.80. The molecule has 2 aliphatic rings. The number of nitrogens with zero attached hydrogens (tertiary/aromatic N) is 4. The van der Waals surface area contributed by atoms with Crippen LogP contribution < -0.4 is 5.32 Å². The zero-order valence-corrected chi connectivity index (χ0v) is 13.2. The van der Waals surface area contributed by atoms with E-state index in [4.69, 9.17) is 4.74 Å². The van der Waals surface area contributed by atoms with E-state index in [1.165, 1.54) is 0 Å². The lowest BCUT2D eigenvalue weighted by atomic mass is 10.0. The van der Waals surface area contributed by atoms with E-state index in [2.05, 4.69) is 15.4 Å². The van der Waals surface area contributed by atoms with Gasteiger partial charge in [-0.25, -0.2) is 9.50 Å². The van der Waals surface area contributed by atoms with Crippen molar-refractivity contribution in [2.75, 3.05) is 25.0 Å². The molecular formula is C16H21N5O2. The number of carbonyl (C=O) groups excluding carboxylic acids is 1. The lowest BCUT2D eigenvalue weighted by Crippen LogP contribution is -2.38. The van der Waals surface area contributed by atoms with Gasteiger partial charge in [0, 0.05) is 38.1 Å². The van der Waals surface area contributed by atoms with Gasteiger partial charge < -0.3 is 15.0 Å². The summed E-state index contributed by atoms with van der Waals surface area (Å²) < 4.78 is 7.27. The minimum Gasteiger partial charge on any atom is -0.378 e. The Hall–Kier alpha value is -2.15. The van der Waals surface area contributed by atoms with E-state index in [0.29, 0.717) is 6.61 Å². The van der Waals surface area contributed by atoms with Crippen LogP contribution in [0.15, 0.2) is 24.5 Å². The van der Waals surface area contributed by atoms with E-state index in [9.17, 15) is 4.79 Å². The number of likely N-dealkylation sites (tertiary alicyclic amines) is 1. The Morgan fingerprint density at radius 3 is 3.13 bits per heavy atom. The van der Waals surface area contributed by atoms with Crippen molar-refractivity contribution in [1.29, 1.82) is 0 Å². The van der Waals surface area contributed by atoms with Gasteiger partial charge in [0.2, 0.25) is 5.91 Å². The Bertz CT molecular complexity index is 715. The number of aromatic nitrogens is 3. The Kier molecular flexibility index (Phi) is 3.65. The topological polar surface area (TPSA) is 71.8 Å². The van der Waals surface area contributed by atoms with Crippen LogP contribution in [0.25, 0.3) is 5.65 Å². The molecule has 3 atom stereocenters. The van der Waals surface area contributed by atoms with Crippen LogP contribution in [0.5, 0.6) is 0 Å². The number of hydrogen-bond acceptors (Lipinski definition) is 5. The third kappa shape index (κ3) is 2.76. The van der Waals surface area contributed by atoms with Crippen molar-refractivity contribution in [1.82, 2.24) is 19.5 Å². The molecule has 2 aromatic heterocycles. The van der Waals surface area contributed by atoms with Gasteiger partial charge in [-0.1, -0.05) is 0 Å². The molecule has 2 aromatic rings. The first-order valence-electron chi connectivity index (χ1n) is 8.18. The van der Waals surface area contributed by atoms with E-state index < -0.39 is 0 Å². The molecule has 0 unspecified atom stereocenters. The largest absolute Gasteiger partial charge is 0.378 e. The number of ether oxygens (including phenoxy) is 1. The van der Waals surface area contributed by atoms with Crippen LogP contribution in [0, 0.1) is 5.92 Å². The summed E-state index contributed by atoms with van der Waals surface area (Å²) in [5.41, 5.74) is 0.828. The first-order valence-corrected chi connectivity index (χ1v) is 8.18. The summed E-state index contributed by atoms with van der Waals surface area (Å²) >= 11 is 0. The highest BCUT2D eigenvalue weighted by Crippen LogP contribution is 2.25. The Morgan fingerprint density at radius 1 is 1.39 bits per heavy atom. The van der Waals surface area contributed by atoms with Crippen molar-refractivity contribution < 1.29 is 9.53 Å². The molecule has 0 aliphatic carbocycles. The van der Waals surface area contributed by atoms with Crippen LogP contribution in [0.2, 0.25) is 0 Å². The minimum absolute atomic E-state index is 0.0224. The molecule has 4 heterocycles. The molecule has 122 valence electrons. The van der Waals surface area contributed by atoms with E-state index in [0.717, 1.165) is 37.4 Å². The summed E-state index contributed by atoms with van der Waals surface area (Å²) in [7, 11) is 0. The summed E-state index contributed by atoms with van der Waals surface area (Å²) in [6.07, 6.45) is 5.38. The predicted molar refractivity (Wildman–Crippen MR) is 85.1 cm³/mol. The maximum Gasteiger partial charge on any atom is 0.228 e. The van der Waals surface area contributed by atoms with E-state index in [1.807, 2.05) is 30.2 Å². The highest BCUT2D eigenvalue weighted by molar-refractivity contribution is 5.80. The Balaban J connectivity index is 1.39. The molecule has 7 nitrogen and oxygen atoms in total. The monoisotopic (exact) mass is 315 g/mol. The molecule has 7 heteroatoms. The number of carbonyl (C=O) groups is 1. The number of nitrogens with one attached hydrogen (secondary N) is 1. The van der Waals surface area contributed by atoms with Gasteiger partial charge in [0.1, 0.15) is 5.82 Å². The van der Waals surface area contributed by atoms with Crippen molar-refractivity contribution in [2.24, 2.45) is 5.92 Å². The molecular weight excluding hydrogens is 294 g/mol. The summed E-state index contributed by atoms with van der Waals surface area (Å²) in [6.45, 7) is 4.21. The quantitative estimate of drug-likeness (QED) is 0.920. The van der Waals surface area contributed by atoms with Gasteiger partial charge in [0.15, 0.2) is 5.65 Å². The van der Waals surface area contributed by atoms with Gasteiger partial charge in [0.05, 0.1) is 12.0 Å². The van der Waals surface area contributed by atoms with Crippen molar-refractivity contribution in [3.63, 3.8) is 0 Å². The van der Waals surface area contributed by atoms with E-state index in [-0.39, 0.29) is 24.0 Å². The van der Waals surface area contributed by atoms with Crippen molar-refractivity contribution >= 4 is 17.4 Å². The van der Waals surface area contributed by atoms with Gasteiger partial charge >= 0.3 is 0 Å². The summed E-state index contributed by atoms with van der Waals surface area (Å²) in [5.74, 6) is 1.07. The van der Waals surface area contributed by atoms with Crippen LogP contribution in [0.1, 0.15) is 19.8 Å². The number of anilines is 1. The number of rotatable bonds is 3. The minimum atomic E-state index is 0.0224. The molecule has 0 saturated carbocycles. The highest BCUT2D eigenvalue weighted by Gasteiger charge is 2.36. The second-order valence-corrected chi connectivity index (χ2v) is 6.33. The van der Waals surface area contributed by atoms with Gasteiger partial charge in [-0.2, -0.15) is 0 Å². The molecule has 0 radical (unpaired) electrons. The number of hydrogen-bond donors (Lipinski definition) is 1. The molecule has 0 bridgehead atoms. The molecule has 2 fully saturated rings. The standard InChI is InChI=1S/C16H21N5O2/c1-11-13(5-9-23-11)16(22)20-7-4-12(10-20)18-14-2-3-15-17-6-8-21(15)19-14/h2-3,6,8,11-13H,4-5,7,9-10H2,1H3,(H,18,19)/t11-,12-,13+/m0/s1. The predicted octanol–water partition coefficient (Wildman–Crippen LogP) is 1.17. The SMILES string of the molecule is C[C@@H]1OCC[C@H]1C(=O)N1CC[C@H](Nc2ccc3nccn3n2)C1. The van der Waals surface area contributed by atoms with Crippen LogP contribution in [-0.2, 0) is 9.53 Å². The zero-order valence-electron chi connectivity index (χ0n) is 13.2. The van der Waals surface area contributed by atoms with Crippen LogP contribution in [0.3, 0.4) is 0 Å². The molecule has 1 N–H and O–H groups in total. The number of imidazole rings is 1. The van der Waals surface area contributed by atoms with Crippen molar-refractivity contribution in [2.45, 2.75) is 31.9 Å². The Morgan fingerprint density at radius 2 is 2.30 bits per heavy atom. The summed E-state index contributed by atoms with van der Waals surface area (Å²) in [6, 6.07) is 4.11. The smallest absolute Gasteiger partial charge is 0.228 e. The van der Waals surface area contributed by atoms with Crippen LogP contribution >= 0.6 is 0 Å². The fraction of sp³-hybridized carbons (Fsp3) is 0.562. The van der Waals surface area contributed by atoms with E-state index in [1.54, 1.807) is 10.7 Å². The molecule has 2 saturated heterocycles. The first kappa shape index (κ1) is 14.4. The third-order valence-electron chi connectivity index (χ3n) is 4.80. The van der Waals surface area contributed by atoms with Gasteiger partial charge in [-0.15, -0.1) is 5.10 Å². The van der Waals surface area contributed by atoms with Crippen LogP contribution in [0.4, 0.5) is 5.82 Å². The van der Waals surface area contributed by atoms with Crippen molar-refractivity contribution in [3.8, 4) is 0 Å².